The Morgan fingerprint density at radius 1 is 1.43 bits per heavy atom. The molecule has 1 aliphatic heterocycles. The van der Waals surface area contributed by atoms with E-state index in [0.717, 1.165) is 4.88 Å². The van der Waals surface area contributed by atoms with Crippen molar-refractivity contribution in [1.29, 1.82) is 0 Å². The maximum atomic E-state index is 12.4. The van der Waals surface area contributed by atoms with Crippen LogP contribution in [0.25, 0.3) is 0 Å². The molecule has 1 N–H and O–H groups in total. The lowest BCUT2D eigenvalue weighted by atomic mass is 10.1. The highest BCUT2D eigenvalue weighted by Crippen LogP contribution is 2.21. The van der Waals surface area contributed by atoms with Gasteiger partial charge in [-0.05, 0) is 13.8 Å². The Morgan fingerprint density at radius 3 is 2.83 bits per heavy atom. The Hall–Kier alpha value is -2.00. The fourth-order valence-electron chi connectivity index (χ4n) is 2.25. The molecule has 3 amide bonds. The molecular weight excluding hydrogens is 340 g/mol. The minimum atomic E-state index is -0.622. The molecule has 1 saturated heterocycles. The summed E-state index contributed by atoms with van der Waals surface area (Å²) >= 11 is 7.01. The zero-order valence-corrected chi connectivity index (χ0v) is 14.1. The summed E-state index contributed by atoms with van der Waals surface area (Å²) in [5, 5.41) is 10.7. The number of thiazole rings is 1. The molecule has 0 bridgehead atoms. The molecule has 2 aromatic rings. The van der Waals surface area contributed by atoms with E-state index in [0.29, 0.717) is 16.6 Å². The normalized spacial score (nSPS) is 18.1. The van der Waals surface area contributed by atoms with Gasteiger partial charge in [-0.25, -0.2) is 14.5 Å². The number of halogens is 1. The van der Waals surface area contributed by atoms with Gasteiger partial charge < -0.3 is 5.32 Å². The van der Waals surface area contributed by atoms with Crippen LogP contribution >= 0.6 is 22.9 Å². The predicted molar refractivity (Wildman–Crippen MR) is 84.1 cm³/mol. The third-order valence-corrected chi connectivity index (χ3v) is 4.55. The minimum absolute atomic E-state index is 0.171. The molecule has 3 heterocycles. The summed E-state index contributed by atoms with van der Waals surface area (Å²) in [4.78, 5) is 30.3. The van der Waals surface area contributed by atoms with E-state index in [1.54, 1.807) is 17.1 Å². The molecule has 0 unspecified atom stereocenters. The molecule has 0 radical (unpaired) electrons. The van der Waals surface area contributed by atoms with Crippen molar-refractivity contribution in [2.75, 3.05) is 0 Å². The zero-order valence-electron chi connectivity index (χ0n) is 12.6. The van der Waals surface area contributed by atoms with Crippen LogP contribution < -0.4 is 5.32 Å². The van der Waals surface area contributed by atoms with Crippen LogP contribution in [-0.4, -0.2) is 42.9 Å². The molecule has 1 aliphatic rings. The van der Waals surface area contributed by atoms with Crippen LogP contribution in [0.5, 0.6) is 0 Å². The highest BCUT2D eigenvalue weighted by Gasteiger charge is 2.38. The van der Waals surface area contributed by atoms with Crippen LogP contribution in [0.15, 0.2) is 12.4 Å². The molecule has 0 spiro atoms. The highest BCUT2D eigenvalue weighted by molar-refractivity contribution is 7.15. The zero-order chi connectivity index (χ0) is 16.6. The minimum Gasteiger partial charge on any atom is -0.325 e. The first-order valence-corrected chi connectivity index (χ1v) is 8.26. The smallest absolute Gasteiger partial charge is 0.325 e. The van der Waals surface area contributed by atoms with Crippen LogP contribution in [0.4, 0.5) is 4.79 Å². The van der Waals surface area contributed by atoms with Crippen LogP contribution in [-0.2, 0) is 17.8 Å². The lowest BCUT2D eigenvalue weighted by Crippen LogP contribution is -2.32. The van der Waals surface area contributed by atoms with Gasteiger partial charge in [-0.15, -0.1) is 16.4 Å². The van der Waals surface area contributed by atoms with E-state index < -0.39 is 12.1 Å². The average molecular weight is 355 g/mol. The fourth-order valence-corrected chi connectivity index (χ4v) is 3.21. The van der Waals surface area contributed by atoms with Crippen molar-refractivity contribution in [3.63, 3.8) is 0 Å². The van der Waals surface area contributed by atoms with Crippen LogP contribution in [0.3, 0.4) is 0 Å². The second-order valence-electron chi connectivity index (χ2n) is 5.49. The Bertz CT molecular complexity index is 742. The van der Waals surface area contributed by atoms with Crippen molar-refractivity contribution < 1.29 is 9.59 Å². The molecule has 1 atom stereocenters. The van der Waals surface area contributed by atoms with Gasteiger partial charge in [0, 0.05) is 29.7 Å². The lowest BCUT2D eigenvalue weighted by molar-refractivity contribution is -0.127. The number of amides is 3. The number of nitrogens with one attached hydrogen (secondary N) is 1. The van der Waals surface area contributed by atoms with Crippen molar-refractivity contribution in [2.24, 2.45) is 0 Å². The molecule has 0 aromatic carbocycles. The Kier molecular flexibility index (Phi) is 4.31. The van der Waals surface area contributed by atoms with Gasteiger partial charge >= 0.3 is 6.03 Å². The Morgan fingerprint density at radius 2 is 2.22 bits per heavy atom. The SMILES string of the molecule is CC(C)n1cc(C[C@H]2NC(=O)N(Cc3cnc(Cl)s3)C2=O)nn1. The second-order valence-corrected chi connectivity index (χ2v) is 7.19. The van der Waals surface area contributed by atoms with Crippen molar-refractivity contribution in [3.8, 4) is 0 Å². The van der Waals surface area contributed by atoms with Gasteiger partial charge in [-0.1, -0.05) is 16.8 Å². The van der Waals surface area contributed by atoms with Crippen molar-refractivity contribution in [3.05, 3.63) is 27.4 Å². The Balaban J connectivity index is 1.67. The van der Waals surface area contributed by atoms with Gasteiger partial charge in [-0.3, -0.25) is 9.69 Å². The number of rotatable bonds is 5. The summed E-state index contributed by atoms with van der Waals surface area (Å²) in [6, 6.07) is -0.846. The number of nitrogens with zero attached hydrogens (tertiary/aromatic N) is 5. The summed E-state index contributed by atoms with van der Waals surface area (Å²) in [6.45, 7) is 4.15. The van der Waals surface area contributed by atoms with Gasteiger partial charge in [0.15, 0.2) is 4.47 Å². The van der Waals surface area contributed by atoms with Crippen molar-refractivity contribution >= 4 is 34.9 Å². The van der Waals surface area contributed by atoms with E-state index in [9.17, 15) is 9.59 Å². The number of carbonyl (C=O) groups is 2. The van der Waals surface area contributed by atoms with E-state index in [2.05, 4.69) is 20.6 Å². The first-order chi connectivity index (χ1) is 10.9. The molecule has 122 valence electrons. The third kappa shape index (κ3) is 3.35. The number of imide groups is 1. The maximum absolute atomic E-state index is 12.4. The standard InChI is InChI=1S/C13H15ClN6O2S/c1-7(2)20-5-8(17-18-20)3-10-11(21)19(13(22)16-10)6-9-4-15-12(14)23-9/h4-5,7,10H,3,6H2,1-2H3,(H,16,22)/t10-/m1/s1. The van der Waals surface area contributed by atoms with Crippen LogP contribution in [0.1, 0.15) is 30.5 Å². The second kappa shape index (κ2) is 6.25. The molecular formula is C13H15ClN6O2S. The van der Waals surface area contributed by atoms with Crippen molar-refractivity contribution in [2.45, 2.75) is 38.9 Å². The number of carbonyl (C=O) groups excluding carboxylic acids is 2. The van der Waals surface area contributed by atoms with Gasteiger partial charge in [0.2, 0.25) is 0 Å². The molecule has 3 rings (SSSR count). The highest BCUT2D eigenvalue weighted by atomic mass is 35.5. The molecule has 0 aliphatic carbocycles. The predicted octanol–water partition coefficient (Wildman–Crippen LogP) is 1.63. The maximum Gasteiger partial charge on any atom is 0.325 e. The molecule has 10 heteroatoms. The fraction of sp³-hybridized carbons (Fsp3) is 0.462. The molecule has 23 heavy (non-hydrogen) atoms. The van der Waals surface area contributed by atoms with E-state index in [4.69, 9.17) is 11.6 Å². The lowest BCUT2D eigenvalue weighted by Gasteiger charge is -2.10. The van der Waals surface area contributed by atoms with Gasteiger partial charge in [-0.2, -0.15) is 0 Å². The quantitative estimate of drug-likeness (QED) is 0.824. The van der Waals surface area contributed by atoms with Gasteiger partial charge in [0.05, 0.1) is 12.2 Å². The van der Waals surface area contributed by atoms with E-state index in [1.807, 2.05) is 13.8 Å². The van der Waals surface area contributed by atoms with Gasteiger partial charge in [0.25, 0.3) is 5.91 Å². The van der Waals surface area contributed by atoms with Crippen molar-refractivity contribution in [1.82, 2.24) is 30.2 Å². The molecule has 0 saturated carbocycles. The summed E-state index contributed by atoms with van der Waals surface area (Å²) in [5.41, 5.74) is 0.667. The first kappa shape index (κ1) is 15.9. The number of hydrogen-bond acceptors (Lipinski definition) is 6. The topological polar surface area (TPSA) is 93.0 Å². The van der Waals surface area contributed by atoms with E-state index in [1.165, 1.54) is 16.2 Å². The molecule has 2 aromatic heterocycles. The van der Waals surface area contributed by atoms with Gasteiger partial charge in [0.1, 0.15) is 6.04 Å². The van der Waals surface area contributed by atoms with E-state index in [-0.39, 0.29) is 18.5 Å². The molecule has 8 nitrogen and oxygen atoms in total. The largest absolute Gasteiger partial charge is 0.325 e. The Labute approximate surface area is 141 Å². The van der Waals surface area contributed by atoms with E-state index >= 15 is 0 Å². The average Bonchev–Trinajstić information content (AvgIpc) is 3.17. The summed E-state index contributed by atoms with van der Waals surface area (Å²) in [7, 11) is 0. The summed E-state index contributed by atoms with van der Waals surface area (Å²) < 4.78 is 2.10. The number of aromatic nitrogens is 4. The summed E-state index contributed by atoms with van der Waals surface area (Å²) in [5.74, 6) is -0.279. The first-order valence-electron chi connectivity index (χ1n) is 7.07. The number of urea groups is 1. The third-order valence-electron chi connectivity index (χ3n) is 3.45. The number of hydrogen-bond donors (Lipinski definition) is 1. The van der Waals surface area contributed by atoms with Crippen LogP contribution in [0.2, 0.25) is 4.47 Å². The van der Waals surface area contributed by atoms with Crippen LogP contribution in [0, 0.1) is 0 Å². The monoisotopic (exact) mass is 354 g/mol. The summed E-state index contributed by atoms with van der Waals surface area (Å²) in [6.07, 6.45) is 3.67. The molecule has 1 fully saturated rings.